The van der Waals surface area contributed by atoms with Crippen LogP contribution in [0.4, 0.5) is 4.79 Å². The molecule has 2 unspecified atom stereocenters. The molecule has 26 heavy (non-hydrogen) atoms. The number of aromatic nitrogens is 1. The minimum absolute atomic E-state index is 0.106. The van der Waals surface area contributed by atoms with E-state index in [1.54, 1.807) is 7.11 Å². The first-order valence-corrected chi connectivity index (χ1v) is 8.95. The number of fused-ring (bicyclic) bond motifs is 2. The topological polar surface area (TPSA) is 51.7 Å². The fourth-order valence-electron chi connectivity index (χ4n) is 3.81. The molecule has 2 bridgehead atoms. The van der Waals surface area contributed by atoms with Crippen molar-refractivity contribution < 1.29 is 14.3 Å². The lowest BCUT2D eigenvalue weighted by molar-refractivity contribution is 0.0832. The molecule has 1 saturated heterocycles. The van der Waals surface area contributed by atoms with Gasteiger partial charge >= 0.3 is 6.09 Å². The fraction of sp³-hybridized carbons (Fsp3) is 0.333. The molecule has 5 nitrogen and oxygen atoms in total. The first kappa shape index (κ1) is 16.6. The summed E-state index contributed by atoms with van der Waals surface area (Å²) in [6, 6.07) is 14.0. The molecule has 1 aromatic carbocycles. The van der Waals surface area contributed by atoms with Crippen molar-refractivity contribution in [3.05, 3.63) is 65.9 Å². The van der Waals surface area contributed by atoms with Crippen LogP contribution in [-0.2, 0) is 11.3 Å². The zero-order valence-electron chi connectivity index (χ0n) is 14.8. The van der Waals surface area contributed by atoms with Gasteiger partial charge < -0.3 is 9.47 Å². The summed E-state index contributed by atoms with van der Waals surface area (Å²) >= 11 is 0. The molecule has 0 aliphatic carbocycles. The smallest absolute Gasteiger partial charge is 0.410 e. The molecule has 1 amide bonds. The first-order valence-electron chi connectivity index (χ1n) is 8.95. The maximum absolute atomic E-state index is 12.6. The van der Waals surface area contributed by atoms with Crippen LogP contribution in [0.5, 0.6) is 5.88 Å². The third-order valence-electron chi connectivity index (χ3n) is 5.13. The van der Waals surface area contributed by atoms with Crippen molar-refractivity contribution in [1.82, 2.24) is 9.88 Å². The van der Waals surface area contributed by atoms with E-state index in [1.807, 2.05) is 53.6 Å². The van der Waals surface area contributed by atoms with Gasteiger partial charge in [0.2, 0.25) is 5.88 Å². The van der Waals surface area contributed by atoms with Gasteiger partial charge in [0.05, 0.1) is 13.2 Å². The van der Waals surface area contributed by atoms with E-state index in [0.717, 1.165) is 30.4 Å². The summed E-state index contributed by atoms with van der Waals surface area (Å²) < 4.78 is 10.7. The third-order valence-corrected chi connectivity index (χ3v) is 5.13. The molecule has 0 spiro atoms. The highest BCUT2D eigenvalue weighted by Gasteiger charge is 2.40. The number of carbonyl (C=O) groups excluding carboxylic acids is 1. The summed E-state index contributed by atoms with van der Waals surface area (Å²) in [6.07, 6.45) is 6.65. The van der Waals surface area contributed by atoms with Crippen LogP contribution in [-0.4, -0.2) is 35.2 Å². The summed E-state index contributed by atoms with van der Waals surface area (Å²) in [5.74, 6) is 0.610. The molecule has 1 aromatic heterocycles. The lowest BCUT2D eigenvalue weighted by atomic mass is 9.96. The van der Waals surface area contributed by atoms with Gasteiger partial charge in [0.25, 0.3) is 0 Å². The van der Waals surface area contributed by atoms with Crippen molar-refractivity contribution in [2.45, 2.75) is 38.0 Å². The molecule has 2 aromatic rings. The van der Waals surface area contributed by atoms with Crippen LogP contribution in [0.3, 0.4) is 0 Å². The zero-order valence-corrected chi connectivity index (χ0v) is 14.8. The monoisotopic (exact) mass is 350 g/mol. The Morgan fingerprint density at radius 2 is 2.04 bits per heavy atom. The summed E-state index contributed by atoms with van der Waals surface area (Å²) in [6.45, 7) is 0.314. The molecule has 0 saturated carbocycles. The number of methoxy groups -OCH3 is 1. The molecule has 5 heteroatoms. The molecule has 3 heterocycles. The van der Waals surface area contributed by atoms with Gasteiger partial charge in [-0.25, -0.2) is 9.78 Å². The molecule has 2 atom stereocenters. The average molecular weight is 350 g/mol. The van der Waals surface area contributed by atoms with Crippen LogP contribution in [0.1, 0.15) is 30.4 Å². The van der Waals surface area contributed by atoms with Gasteiger partial charge in [-0.15, -0.1) is 0 Å². The number of nitrogens with zero attached hydrogens (tertiary/aromatic N) is 2. The first-order chi connectivity index (χ1) is 12.7. The predicted octanol–water partition coefficient (Wildman–Crippen LogP) is 4.05. The SMILES string of the molecule is COc1ccc(C2=CC3CCC(C2)N3C(=O)OCc2ccccc2)cn1. The minimum atomic E-state index is -0.218. The Balaban J connectivity index is 1.45. The largest absolute Gasteiger partial charge is 0.481 e. The van der Waals surface area contributed by atoms with E-state index in [4.69, 9.17) is 9.47 Å². The molecule has 0 radical (unpaired) electrons. The van der Waals surface area contributed by atoms with Crippen molar-refractivity contribution in [2.75, 3.05) is 7.11 Å². The van der Waals surface area contributed by atoms with E-state index in [1.165, 1.54) is 5.57 Å². The number of hydrogen-bond donors (Lipinski definition) is 0. The van der Waals surface area contributed by atoms with Crippen molar-refractivity contribution in [2.24, 2.45) is 0 Å². The third kappa shape index (κ3) is 3.29. The zero-order chi connectivity index (χ0) is 17.9. The van der Waals surface area contributed by atoms with Crippen LogP contribution < -0.4 is 4.74 Å². The van der Waals surface area contributed by atoms with E-state index in [9.17, 15) is 4.79 Å². The normalized spacial score (nSPS) is 21.3. The molecule has 4 rings (SSSR count). The maximum Gasteiger partial charge on any atom is 0.410 e. The second-order valence-electron chi connectivity index (χ2n) is 6.73. The molecule has 2 aliphatic rings. The van der Waals surface area contributed by atoms with Gasteiger partial charge in [-0.3, -0.25) is 4.90 Å². The highest BCUT2D eigenvalue weighted by Crippen LogP contribution is 2.39. The minimum Gasteiger partial charge on any atom is -0.481 e. The van der Waals surface area contributed by atoms with E-state index >= 15 is 0 Å². The van der Waals surface area contributed by atoms with E-state index < -0.39 is 0 Å². The van der Waals surface area contributed by atoms with Crippen LogP contribution in [0.25, 0.3) is 5.57 Å². The maximum atomic E-state index is 12.6. The Labute approximate surface area is 153 Å². The van der Waals surface area contributed by atoms with E-state index in [2.05, 4.69) is 11.1 Å². The molecular formula is C21H22N2O3. The number of amides is 1. The molecule has 0 N–H and O–H groups in total. The highest BCUT2D eigenvalue weighted by atomic mass is 16.6. The second-order valence-corrected chi connectivity index (χ2v) is 6.73. The Kier molecular flexibility index (Phi) is 4.61. The van der Waals surface area contributed by atoms with Crippen LogP contribution in [0.2, 0.25) is 0 Å². The van der Waals surface area contributed by atoms with Crippen LogP contribution in [0, 0.1) is 0 Å². The van der Waals surface area contributed by atoms with Gasteiger partial charge in [0.15, 0.2) is 0 Å². The average Bonchev–Trinajstić information content (AvgIpc) is 2.96. The quantitative estimate of drug-likeness (QED) is 0.835. The number of rotatable bonds is 4. The van der Waals surface area contributed by atoms with E-state index in [0.29, 0.717) is 12.5 Å². The lowest BCUT2D eigenvalue weighted by Crippen LogP contribution is -2.43. The molecule has 134 valence electrons. The Hall–Kier alpha value is -2.82. The standard InChI is InChI=1S/C21H22N2O3/c1-25-20-10-7-16(13-22-20)17-11-18-8-9-19(12-17)23(18)21(24)26-14-15-5-3-2-4-6-15/h2-7,10-11,13,18-19H,8-9,12,14H2,1H3. The Morgan fingerprint density at radius 3 is 2.73 bits per heavy atom. The van der Waals surface area contributed by atoms with Crippen molar-refractivity contribution in [3.8, 4) is 5.88 Å². The van der Waals surface area contributed by atoms with Crippen LogP contribution in [0.15, 0.2) is 54.7 Å². The summed E-state index contributed by atoms with van der Waals surface area (Å²) in [5.41, 5.74) is 3.35. The fourth-order valence-corrected chi connectivity index (χ4v) is 3.81. The van der Waals surface area contributed by atoms with Crippen molar-refractivity contribution in [3.63, 3.8) is 0 Å². The summed E-state index contributed by atoms with van der Waals surface area (Å²) in [4.78, 5) is 18.8. The van der Waals surface area contributed by atoms with Gasteiger partial charge in [0, 0.05) is 18.3 Å². The number of pyridine rings is 1. The van der Waals surface area contributed by atoms with Crippen molar-refractivity contribution >= 4 is 11.7 Å². The number of ether oxygens (including phenoxy) is 2. The Morgan fingerprint density at radius 1 is 1.19 bits per heavy atom. The van der Waals surface area contributed by atoms with E-state index in [-0.39, 0.29) is 18.2 Å². The highest BCUT2D eigenvalue weighted by molar-refractivity contribution is 5.74. The van der Waals surface area contributed by atoms with Gasteiger partial charge in [-0.05, 0) is 42.0 Å². The predicted molar refractivity (Wildman–Crippen MR) is 98.7 cm³/mol. The number of hydrogen-bond acceptors (Lipinski definition) is 4. The number of benzene rings is 1. The lowest BCUT2D eigenvalue weighted by Gasteiger charge is -2.33. The Bertz CT molecular complexity index is 802. The summed E-state index contributed by atoms with van der Waals surface area (Å²) in [5, 5.41) is 0. The molecular weight excluding hydrogens is 328 g/mol. The van der Waals surface area contributed by atoms with Gasteiger partial charge in [0.1, 0.15) is 6.61 Å². The second kappa shape index (κ2) is 7.20. The van der Waals surface area contributed by atoms with Gasteiger partial charge in [-0.1, -0.05) is 36.4 Å². The van der Waals surface area contributed by atoms with Crippen molar-refractivity contribution in [1.29, 1.82) is 0 Å². The summed E-state index contributed by atoms with van der Waals surface area (Å²) in [7, 11) is 1.61. The molecule has 2 aliphatic heterocycles. The number of carbonyl (C=O) groups is 1. The van der Waals surface area contributed by atoms with Gasteiger partial charge in [-0.2, -0.15) is 0 Å². The molecule has 1 fully saturated rings. The van der Waals surface area contributed by atoms with Crippen LogP contribution >= 0.6 is 0 Å².